The number of carbonyl (C=O) groups is 1. The molecule has 0 saturated heterocycles. The summed E-state index contributed by atoms with van der Waals surface area (Å²) in [5, 5.41) is 3.55. The molecule has 2 aliphatic rings. The van der Waals surface area contributed by atoms with E-state index in [1.165, 1.54) is 16.3 Å². The topological polar surface area (TPSA) is 29.1 Å². The van der Waals surface area contributed by atoms with Crippen LogP contribution in [0.4, 0.5) is 5.69 Å². The summed E-state index contributed by atoms with van der Waals surface area (Å²) in [4.78, 5) is 15.2. The number of carbonyl (C=O) groups excluding carboxylic acids is 1. The van der Waals surface area contributed by atoms with Crippen LogP contribution in [0, 0.1) is 11.3 Å². The van der Waals surface area contributed by atoms with E-state index in [1.807, 2.05) is 0 Å². The van der Waals surface area contributed by atoms with E-state index in [1.54, 1.807) is 0 Å². The minimum atomic E-state index is -0.0619. The first-order chi connectivity index (χ1) is 9.87. The molecule has 0 saturated carbocycles. The molecule has 1 aliphatic heterocycles. The lowest BCUT2D eigenvalue weighted by molar-refractivity contribution is -0.117. The van der Waals surface area contributed by atoms with Gasteiger partial charge in [-0.3, -0.25) is 4.79 Å². The minimum absolute atomic E-state index is 0.0619. The Morgan fingerprint density at radius 1 is 1.24 bits per heavy atom. The van der Waals surface area contributed by atoms with Crippen molar-refractivity contribution in [1.82, 2.24) is 0 Å². The zero-order valence-electron chi connectivity index (χ0n) is 13.3. The van der Waals surface area contributed by atoms with Gasteiger partial charge in [0.25, 0.3) is 0 Å². The molecule has 1 heterocycles. The van der Waals surface area contributed by atoms with E-state index < -0.39 is 0 Å². The quantitative estimate of drug-likeness (QED) is 0.823. The van der Waals surface area contributed by atoms with Crippen LogP contribution in [0.25, 0.3) is 0 Å². The molecule has 1 aliphatic carbocycles. The Bertz CT molecular complexity index is 615. The van der Waals surface area contributed by atoms with Crippen LogP contribution < -0.4 is 5.32 Å². The van der Waals surface area contributed by atoms with Crippen molar-refractivity contribution in [3.05, 3.63) is 34.9 Å². The largest absolute Gasteiger partial charge is 0.351 e. The van der Waals surface area contributed by atoms with Gasteiger partial charge >= 0.3 is 0 Å². The summed E-state index contributed by atoms with van der Waals surface area (Å²) in [6.45, 7) is 8.87. The van der Waals surface area contributed by atoms with E-state index >= 15 is 0 Å². The zero-order valence-corrected chi connectivity index (χ0v) is 14.1. The molecule has 21 heavy (non-hydrogen) atoms. The summed E-state index contributed by atoms with van der Waals surface area (Å²) in [6.07, 6.45) is 1.65. The van der Waals surface area contributed by atoms with Gasteiger partial charge in [-0.1, -0.05) is 39.8 Å². The molecular weight excluding hydrogens is 278 g/mol. The predicted octanol–water partition coefficient (Wildman–Crippen LogP) is 4.35. The van der Waals surface area contributed by atoms with Crippen molar-refractivity contribution in [2.24, 2.45) is 11.3 Å². The number of ketones is 1. The molecule has 0 aromatic heterocycles. The number of allylic oxidation sites excluding steroid dienone is 2. The van der Waals surface area contributed by atoms with Crippen molar-refractivity contribution in [3.8, 4) is 0 Å². The normalized spacial score (nSPS) is 23.7. The molecule has 3 heteroatoms. The first kappa shape index (κ1) is 14.7. The van der Waals surface area contributed by atoms with Gasteiger partial charge in [0.15, 0.2) is 4.90 Å². The van der Waals surface area contributed by atoms with Gasteiger partial charge in [-0.15, -0.1) is 0 Å². The van der Waals surface area contributed by atoms with Gasteiger partial charge in [-0.2, -0.15) is 0 Å². The molecule has 1 N–H and O–H groups in total. The van der Waals surface area contributed by atoms with Gasteiger partial charge in [0.05, 0.1) is 22.3 Å². The molecule has 112 valence electrons. The van der Waals surface area contributed by atoms with Crippen molar-refractivity contribution in [1.29, 1.82) is 0 Å². The van der Waals surface area contributed by atoms with Crippen molar-refractivity contribution in [2.45, 2.75) is 45.4 Å². The van der Waals surface area contributed by atoms with Crippen LogP contribution in [0.3, 0.4) is 0 Å². The third-order valence-electron chi connectivity index (χ3n) is 4.01. The molecule has 0 amide bonds. The maximum atomic E-state index is 12.8. The average Bonchev–Trinajstić information content (AvgIpc) is 2.35. The fourth-order valence-corrected chi connectivity index (χ4v) is 5.88. The predicted molar refractivity (Wildman–Crippen MR) is 90.4 cm³/mol. The summed E-state index contributed by atoms with van der Waals surface area (Å²) >= 11 is 0. The fraction of sp³-hybridized carbons (Fsp3) is 0.500. The maximum absolute atomic E-state index is 12.8. The summed E-state index contributed by atoms with van der Waals surface area (Å²) in [7, 11) is -0.0619. The van der Waals surface area contributed by atoms with Crippen LogP contribution >= 0.6 is 0 Å². The third-order valence-corrected chi connectivity index (χ3v) is 6.86. The van der Waals surface area contributed by atoms with Crippen LogP contribution in [0.5, 0.6) is 0 Å². The van der Waals surface area contributed by atoms with Crippen molar-refractivity contribution in [2.75, 3.05) is 11.1 Å². The Balaban J connectivity index is 2.09. The number of benzene rings is 1. The average molecular weight is 302 g/mol. The number of rotatable bonds is 2. The fourth-order valence-electron chi connectivity index (χ4n) is 3.26. The van der Waals surface area contributed by atoms with Gasteiger partial charge in [0.1, 0.15) is 5.75 Å². The lowest BCUT2D eigenvalue weighted by atomic mass is 9.78. The van der Waals surface area contributed by atoms with E-state index in [2.05, 4.69) is 57.3 Å². The first-order valence-corrected chi connectivity index (χ1v) is 9.10. The lowest BCUT2D eigenvalue weighted by Gasteiger charge is -2.34. The summed E-state index contributed by atoms with van der Waals surface area (Å²) in [5.41, 5.74) is 2.45. The lowest BCUT2D eigenvalue weighted by Crippen LogP contribution is -2.36. The van der Waals surface area contributed by atoms with Crippen LogP contribution in [0.15, 0.2) is 39.8 Å². The standard InChI is InChI=1S/C18H23NOS/c1-12(2)11-21-16-8-6-5-7-13(16)19-14-9-18(3,4)10-15(20)17(14)21/h5-8,12H,9-11H2,1-4H3/p+1. The highest BCUT2D eigenvalue weighted by molar-refractivity contribution is 8.01. The van der Waals surface area contributed by atoms with Crippen LogP contribution in [-0.4, -0.2) is 11.5 Å². The van der Waals surface area contributed by atoms with Gasteiger partial charge in [-0.25, -0.2) is 0 Å². The van der Waals surface area contributed by atoms with E-state index in [0.717, 1.165) is 17.1 Å². The minimum Gasteiger partial charge on any atom is -0.351 e. The first-order valence-electron chi connectivity index (χ1n) is 7.71. The number of nitrogens with one attached hydrogen (secondary N) is 1. The maximum Gasteiger partial charge on any atom is 0.222 e. The van der Waals surface area contributed by atoms with Gasteiger partial charge in [0, 0.05) is 6.42 Å². The van der Waals surface area contributed by atoms with Gasteiger partial charge in [0.2, 0.25) is 10.7 Å². The highest BCUT2D eigenvalue weighted by Crippen LogP contribution is 2.45. The molecule has 0 spiro atoms. The SMILES string of the molecule is CC(C)C[S+]1C2=C(CC(C)(C)CC2=O)Nc2ccccc21. The van der Waals surface area contributed by atoms with Crippen molar-refractivity contribution >= 4 is 22.4 Å². The third kappa shape index (κ3) is 2.76. The number of fused-ring (bicyclic) bond motifs is 1. The second-order valence-corrected chi connectivity index (χ2v) is 9.28. The van der Waals surface area contributed by atoms with Crippen molar-refractivity contribution in [3.63, 3.8) is 0 Å². The molecule has 1 aromatic carbocycles. The molecule has 2 nitrogen and oxygen atoms in total. The van der Waals surface area contributed by atoms with E-state index in [0.29, 0.717) is 18.1 Å². The molecule has 0 bridgehead atoms. The number of hydrogen-bond acceptors (Lipinski definition) is 2. The van der Waals surface area contributed by atoms with Gasteiger partial charge in [-0.05, 0) is 29.9 Å². The smallest absolute Gasteiger partial charge is 0.222 e. The molecule has 1 unspecified atom stereocenters. The molecule has 1 aromatic rings. The Labute approximate surface area is 130 Å². The Morgan fingerprint density at radius 2 is 1.95 bits per heavy atom. The van der Waals surface area contributed by atoms with Gasteiger partial charge < -0.3 is 5.32 Å². The molecule has 0 fully saturated rings. The van der Waals surface area contributed by atoms with E-state index in [-0.39, 0.29) is 16.3 Å². The van der Waals surface area contributed by atoms with E-state index in [9.17, 15) is 4.79 Å². The zero-order chi connectivity index (χ0) is 15.2. The monoisotopic (exact) mass is 302 g/mol. The number of anilines is 1. The Hall–Kier alpha value is -1.22. The Morgan fingerprint density at radius 3 is 2.67 bits per heavy atom. The highest BCUT2D eigenvalue weighted by Gasteiger charge is 2.47. The van der Waals surface area contributed by atoms with Crippen molar-refractivity contribution < 1.29 is 4.79 Å². The molecule has 3 rings (SSSR count). The van der Waals surface area contributed by atoms with E-state index in [4.69, 9.17) is 0 Å². The number of Topliss-reactive ketones (excluding diaryl/α,β-unsaturated/α-hetero) is 1. The molecular formula is C18H24NOS+. The summed E-state index contributed by atoms with van der Waals surface area (Å²) < 4.78 is 0. The van der Waals surface area contributed by atoms with Crippen LogP contribution in [0.2, 0.25) is 0 Å². The summed E-state index contributed by atoms with van der Waals surface area (Å²) in [6, 6.07) is 8.49. The molecule has 0 radical (unpaired) electrons. The molecule has 1 atom stereocenters. The van der Waals surface area contributed by atoms with Crippen LogP contribution in [0.1, 0.15) is 40.5 Å². The summed E-state index contributed by atoms with van der Waals surface area (Å²) in [5.74, 6) is 2.02. The number of para-hydroxylation sites is 1. The second-order valence-electron chi connectivity index (χ2n) is 7.32. The Kier molecular flexibility index (Phi) is 3.64. The van der Waals surface area contributed by atoms with Crippen LogP contribution in [-0.2, 0) is 15.7 Å². The highest BCUT2D eigenvalue weighted by atomic mass is 32.2. The number of hydrogen-bond donors (Lipinski definition) is 1. The second kappa shape index (κ2) is 5.20.